The Kier molecular flexibility index (Phi) is 5.40. The van der Waals surface area contributed by atoms with E-state index >= 15 is 0 Å². The molecule has 4 nitrogen and oxygen atoms in total. The topological polar surface area (TPSA) is 63.4 Å². The highest BCUT2D eigenvalue weighted by molar-refractivity contribution is 9.10. The highest BCUT2D eigenvalue weighted by atomic mass is 79.9. The van der Waals surface area contributed by atoms with Gasteiger partial charge in [0, 0.05) is 29.2 Å². The number of sulfonamides is 1. The summed E-state index contributed by atoms with van der Waals surface area (Å²) >= 11 is 3.22. The molecule has 2 rings (SSSR count). The van der Waals surface area contributed by atoms with Crippen LogP contribution in [0.15, 0.2) is 22.7 Å². The predicted octanol–water partition coefficient (Wildman–Crippen LogP) is 2.65. The monoisotopic (exact) mass is 378 g/mol. The van der Waals surface area contributed by atoms with Crippen molar-refractivity contribution in [2.75, 3.05) is 19.3 Å². The fourth-order valence-electron chi connectivity index (χ4n) is 2.81. The van der Waals surface area contributed by atoms with E-state index in [0.29, 0.717) is 29.5 Å². The van der Waals surface area contributed by atoms with Crippen molar-refractivity contribution >= 4 is 26.0 Å². The molecular weight excluding hydrogens is 359 g/mol. The predicted molar refractivity (Wildman–Crippen MR) is 84.8 cm³/mol. The molecule has 0 amide bonds. The molecule has 1 aromatic carbocycles. The highest BCUT2D eigenvalue weighted by Crippen LogP contribution is 2.29. The fraction of sp³-hybridized carbons (Fsp3) is 0.571. The van der Waals surface area contributed by atoms with Crippen LogP contribution in [0.25, 0.3) is 0 Å². The van der Waals surface area contributed by atoms with E-state index < -0.39 is 16.1 Å². The lowest BCUT2D eigenvalue weighted by atomic mass is 9.90. The summed E-state index contributed by atoms with van der Waals surface area (Å²) in [6.45, 7) is 1.04. The van der Waals surface area contributed by atoms with E-state index in [0.717, 1.165) is 12.8 Å². The lowest BCUT2D eigenvalue weighted by Crippen LogP contribution is -2.40. The molecule has 2 unspecified atom stereocenters. The number of hydrogen-bond donors (Lipinski definition) is 1. The van der Waals surface area contributed by atoms with Crippen LogP contribution in [0.3, 0.4) is 0 Å². The molecule has 7 heteroatoms. The molecular formula is C14H20BrFN2O2S. The number of piperidine rings is 1. The van der Waals surface area contributed by atoms with Gasteiger partial charge in [-0.05, 0) is 37.3 Å². The molecule has 118 valence electrons. The van der Waals surface area contributed by atoms with E-state index in [9.17, 15) is 12.8 Å². The molecule has 1 aliphatic heterocycles. The first-order valence-electron chi connectivity index (χ1n) is 6.93. The third kappa shape index (κ3) is 4.48. The maximum absolute atomic E-state index is 13.9. The molecule has 0 saturated carbocycles. The zero-order valence-electron chi connectivity index (χ0n) is 11.9. The Morgan fingerprint density at radius 3 is 2.86 bits per heavy atom. The van der Waals surface area contributed by atoms with Crippen molar-refractivity contribution in [3.8, 4) is 0 Å². The molecule has 0 bridgehead atoms. The van der Waals surface area contributed by atoms with Crippen LogP contribution in [0.4, 0.5) is 4.39 Å². The van der Waals surface area contributed by atoms with Crippen LogP contribution in [0.2, 0.25) is 0 Å². The zero-order valence-corrected chi connectivity index (χ0v) is 14.3. The van der Waals surface area contributed by atoms with Gasteiger partial charge in [0.05, 0.1) is 6.26 Å². The second kappa shape index (κ2) is 6.73. The molecule has 0 aromatic heterocycles. The van der Waals surface area contributed by atoms with Crippen LogP contribution in [-0.2, 0) is 10.0 Å². The fourth-order valence-corrected chi connectivity index (χ4v) is 4.08. The summed E-state index contributed by atoms with van der Waals surface area (Å²) in [5, 5.41) is 0. The summed E-state index contributed by atoms with van der Waals surface area (Å²) in [5.74, 6) is -0.154. The maximum Gasteiger partial charge on any atom is 0.211 e. The lowest BCUT2D eigenvalue weighted by molar-refractivity contribution is 0.246. The van der Waals surface area contributed by atoms with E-state index in [1.165, 1.54) is 16.6 Å². The second-order valence-electron chi connectivity index (χ2n) is 5.64. The van der Waals surface area contributed by atoms with E-state index in [2.05, 4.69) is 15.9 Å². The minimum absolute atomic E-state index is 0.173. The number of nitrogens with zero attached hydrogens (tertiary/aromatic N) is 1. The molecule has 2 N–H and O–H groups in total. The van der Waals surface area contributed by atoms with Crippen LogP contribution in [0.1, 0.15) is 30.9 Å². The van der Waals surface area contributed by atoms with Crippen molar-refractivity contribution < 1.29 is 12.8 Å². The van der Waals surface area contributed by atoms with Crippen LogP contribution in [0.5, 0.6) is 0 Å². The maximum atomic E-state index is 13.9. The summed E-state index contributed by atoms with van der Waals surface area (Å²) in [6, 6.07) is 4.44. The summed E-state index contributed by atoms with van der Waals surface area (Å²) in [5.41, 5.74) is 6.59. The van der Waals surface area contributed by atoms with Crippen molar-refractivity contribution in [3.05, 3.63) is 34.1 Å². The molecule has 0 radical (unpaired) electrons. The van der Waals surface area contributed by atoms with E-state index in [1.807, 2.05) is 0 Å². The third-order valence-corrected chi connectivity index (χ3v) is 5.66. The zero-order chi connectivity index (χ0) is 15.6. The number of hydrogen-bond acceptors (Lipinski definition) is 3. The standard InChI is InChI=1S/C14H20BrFN2O2S/c1-21(19,20)18-6-2-3-10(9-18)7-14(17)12-5-4-11(15)8-13(12)16/h4-5,8,10,14H,2-3,6-7,9,17H2,1H3. The van der Waals surface area contributed by atoms with Crippen LogP contribution in [0, 0.1) is 11.7 Å². The SMILES string of the molecule is CS(=O)(=O)N1CCCC(CC(N)c2ccc(Br)cc2F)C1. The average molecular weight is 379 g/mol. The van der Waals surface area contributed by atoms with Crippen molar-refractivity contribution in [1.82, 2.24) is 4.31 Å². The van der Waals surface area contributed by atoms with E-state index in [-0.39, 0.29) is 11.7 Å². The Labute approximate surface area is 133 Å². The van der Waals surface area contributed by atoms with Gasteiger partial charge in [-0.2, -0.15) is 0 Å². The number of halogens is 2. The van der Waals surface area contributed by atoms with Crippen LogP contribution in [-0.4, -0.2) is 32.1 Å². The largest absolute Gasteiger partial charge is 0.324 e. The summed E-state index contributed by atoms with van der Waals surface area (Å²) in [7, 11) is -3.16. The molecule has 1 aromatic rings. The molecule has 0 aliphatic carbocycles. The minimum Gasteiger partial charge on any atom is -0.324 e. The average Bonchev–Trinajstić information content (AvgIpc) is 2.37. The Bertz CT molecular complexity index is 609. The Morgan fingerprint density at radius 1 is 1.52 bits per heavy atom. The van der Waals surface area contributed by atoms with Gasteiger partial charge in [-0.1, -0.05) is 22.0 Å². The van der Waals surface area contributed by atoms with Crippen molar-refractivity contribution in [1.29, 1.82) is 0 Å². The van der Waals surface area contributed by atoms with E-state index in [4.69, 9.17) is 5.73 Å². The molecule has 0 spiro atoms. The van der Waals surface area contributed by atoms with Gasteiger partial charge in [-0.25, -0.2) is 17.1 Å². The molecule has 1 saturated heterocycles. The van der Waals surface area contributed by atoms with Crippen molar-refractivity contribution in [2.24, 2.45) is 11.7 Å². The number of nitrogens with two attached hydrogens (primary N) is 1. The summed E-state index contributed by atoms with van der Waals surface area (Å²) < 4.78 is 39.3. The number of benzene rings is 1. The first-order valence-corrected chi connectivity index (χ1v) is 9.57. The van der Waals surface area contributed by atoms with Gasteiger partial charge < -0.3 is 5.73 Å². The molecule has 21 heavy (non-hydrogen) atoms. The van der Waals surface area contributed by atoms with Crippen LogP contribution < -0.4 is 5.73 Å². The van der Waals surface area contributed by atoms with Gasteiger partial charge in [0.2, 0.25) is 10.0 Å². The molecule has 2 atom stereocenters. The molecule has 1 aliphatic rings. The van der Waals surface area contributed by atoms with Crippen molar-refractivity contribution in [3.63, 3.8) is 0 Å². The van der Waals surface area contributed by atoms with Crippen molar-refractivity contribution in [2.45, 2.75) is 25.3 Å². The van der Waals surface area contributed by atoms with Gasteiger partial charge in [0.15, 0.2) is 0 Å². The first-order chi connectivity index (χ1) is 9.77. The third-order valence-electron chi connectivity index (χ3n) is 3.90. The van der Waals surface area contributed by atoms with Gasteiger partial charge in [-0.15, -0.1) is 0 Å². The second-order valence-corrected chi connectivity index (χ2v) is 8.54. The summed E-state index contributed by atoms with van der Waals surface area (Å²) in [6.07, 6.45) is 3.57. The minimum atomic E-state index is -3.16. The molecule has 1 heterocycles. The number of rotatable bonds is 4. The van der Waals surface area contributed by atoms with Gasteiger partial charge >= 0.3 is 0 Å². The quantitative estimate of drug-likeness (QED) is 0.875. The van der Waals surface area contributed by atoms with Crippen LogP contribution >= 0.6 is 15.9 Å². The summed E-state index contributed by atoms with van der Waals surface area (Å²) in [4.78, 5) is 0. The van der Waals surface area contributed by atoms with Gasteiger partial charge in [0.25, 0.3) is 0 Å². The lowest BCUT2D eigenvalue weighted by Gasteiger charge is -2.32. The Hall–Kier alpha value is -0.500. The van der Waals surface area contributed by atoms with Gasteiger partial charge in [-0.3, -0.25) is 0 Å². The smallest absolute Gasteiger partial charge is 0.211 e. The Balaban J connectivity index is 2.03. The highest BCUT2D eigenvalue weighted by Gasteiger charge is 2.27. The Morgan fingerprint density at radius 2 is 2.24 bits per heavy atom. The van der Waals surface area contributed by atoms with Gasteiger partial charge in [0.1, 0.15) is 5.82 Å². The normalized spacial score (nSPS) is 22.2. The first kappa shape index (κ1) is 16.9. The van der Waals surface area contributed by atoms with E-state index in [1.54, 1.807) is 12.1 Å². The molecule has 1 fully saturated rings.